The molecular weight excluding hydrogens is 329 g/mol. The largest absolute Gasteiger partial charge is 0.467 e. The van der Waals surface area contributed by atoms with Gasteiger partial charge in [0.25, 0.3) is 0 Å². The lowest BCUT2D eigenvalue weighted by Gasteiger charge is -2.30. The maximum absolute atomic E-state index is 12.0. The average molecular weight is 347 g/mol. The minimum absolute atomic E-state index is 0.193. The second-order valence-electron chi connectivity index (χ2n) is 4.42. The van der Waals surface area contributed by atoms with Gasteiger partial charge in [0, 0.05) is 9.61 Å². The number of hydrogen-bond donors (Lipinski definition) is 1. The minimum Gasteiger partial charge on any atom is -0.467 e. The van der Waals surface area contributed by atoms with Gasteiger partial charge in [-0.25, -0.2) is 4.79 Å². The van der Waals surface area contributed by atoms with Gasteiger partial charge in [-0.3, -0.25) is 5.32 Å². The normalized spacial score (nSPS) is 14.5. The second-order valence-corrected chi connectivity index (χ2v) is 5.67. The first-order valence-corrected chi connectivity index (χ1v) is 6.60. The van der Waals surface area contributed by atoms with Gasteiger partial charge in [0.1, 0.15) is 5.54 Å². The van der Waals surface area contributed by atoms with Crippen LogP contribution in [0, 0.1) is 3.57 Å². The smallest absolute Gasteiger partial charge is 0.330 e. The quantitative estimate of drug-likeness (QED) is 0.672. The van der Waals surface area contributed by atoms with Crippen molar-refractivity contribution in [2.24, 2.45) is 0 Å². The Morgan fingerprint density at radius 3 is 2.29 bits per heavy atom. The van der Waals surface area contributed by atoms with Gasteiger partial charge in [0.15, 0.2) is 0 Å². The van der Waals surface area contributed by atoms with Gasteiger partial charge in [-0.1, -0.05) is 12.1 Å². The number of benzene rings is 1. The van der Waals surface area contributed by atoms with E-state index in [2.05, 4.69) is 27.9 Å². The van der Waals surface area contributed by atoms with Gasteiger partial charge in [-0.2, -0.15) is 0 Å². The summed E-state index contributed by atoms with van der Waals surface area (Å²) in [5.41, 5.74) is 0.117. The zero-order valence-electron chi connectivity index (χ0n) is 10.6. The first kappa shape index (κ1) is 14.4. The molecule has 0 aliphatic heterocycles. The Bertz CT molecular complexity index is 389. The van der Waals surface area contributed by atoms with Crippen molar-refractivity contribution in [1.82, 2.24) is 5.32 Å². The fraction of sp³-hybridized carbons (Fsp3) is 0.462. The van der Waals surface area contributed by atoms with Gasteiger partial charge in [-0.05, 0) is 61.1 Å². The van der Waals surface area contributed by atoms with Crippen molar-refractivity contribution in [3.05, 3.63) is 33.4 Å². The van der Waals surface area contributed by atoms with Crippen LogP contribution in [0.2, 0.25) is 0 Å². The lowest BCUT2D eigenvalue weighted by molar-refractivity contribution is -0.148. The van der Waals surface area contributed by atoms with Crippen molar-refractivity contribution < 1.29 is 9.53 Å². The third-order valence-electron chi connectivity index (χ3n) is 2.59. The standard InChI is InChI=1S/C13H18INO2/c1-9(2)15-13(3,12(16)17-4)10-5-7-11(14)8-6-10/h5-9,15H,1-4H3. The topological polar surface area (TPSA) is 38.3 Å². The Balaban J connectivity index is 3.13. The summed E-state index contributed by atoms with van der Waals surface area (Å²) in [6.07, 6.45) is 0. The Morgan fingerprint density at radius 1 is 1.35 bits per heavy atom. The molecule has 0 spiro atoms. The van der Waals surface area contributed by atoms with E-state index < -0.39 is 5.54 Å². The lowest BCUT2D eigenvalue weighted by Crippen LogP contribution is -2.50. The number of rotatable bonds is 4. The molecule has 0 saturated carbocycles. The summed E-state index contributed by atoms with van der Waals surface area (Å²) in [7, 11) is 1.41. The second kappa shape index (κ2) is 5.82. The molecule has 0 aromatic heterocycles. The van der Waals surface area contributed by atoms with Crippen molar-refractivity contribution in [2.45, 2.75) is 32.4 Å². The monoisotopic (exact) mass is 347 g/mol. The Hall–Kier alpha value is -0.620. The summed E-state index contributed by atoms with van der Waals surface area (Å²) >= 11 is 2.24. The van der Waals surface area contributed by atoms with Crippen LogP contribution in [-0.4, -0.2) is 19.1 Å². The first-order valence-electron chi connectivity index (χ1n) is 5.52. The van der Waals surface area contributed by atoms with E-state index in [-0.39, 0.29) is 12.0 Å². The van der Waals surface area contributed by atoms with Crippen LogP contribution >= 0.6 is 22.6 Å². The van der Waals surface area contributed by atoms with Crippen molar-refractivity contribution in [3.8, 4) is 0 Å². The zero-order valence-corrected chi connectivity index (χ0v) is 12.7. The number of carbonyl (C=O) groups is 1. The molecule has 0 aliphatic rings. The molecule has 1 aromatic carbocycles. The highest BCUT2D eigenvalue weighted by Crippen LogP contribution is 2.24. The number of carbonyl (C=O) groups excluding carboxylic acids is 1. The number of esters is 1. The maximum Gasteiger partial charge on any atom is 0.330 e. The maximum atomic E-state index is 12.0. The molecule has 0 aliphatic carbocycles. The van der Waals surface area contributed by atoms with E-state index in [1.807, 2.05) is 45.0 Å². The van der Waals surface area contributed by atoms with Crippen molar-refractivity contribution in [3.63, 3.8) is 0 Å². The van der Waals surface area contributed by atoms with Crippen molar-refractivity contribution >= 4 is 28.6 Å². The van der Waals surface area contributed by atoms with E-state index in [0.717, 1.165) is 9.13 Å². The van der Waals surface area contributed by atoms with Crippen LogP contribution in [0.15, 0.2) is 24.3 Å². The fourth-order valence-electron chi connectivity index (χ4n) is 1.82. The van der Waals surface area contributed by atoms with E-state index in [9.17, 15) is 4.79 Å². The van der Waals surface area contributed by atoms with Crippen LogP contribution in [0.4, 0.5) is 0 Å². The van der Waals surface area contributed by atoms with Gasteiger partial charge in [-0.15, -0.1) is 0 Å². The molecule has 0 heterocycles. The Kier molecular flexibility index (Phi) is 4.94. The van der Waals surface area contributed by atoms with E-state index in [1.165, 1.54) is 7.11 Å². The van der Waals surface area contributed by atoms with Crippen LogP contribution in [-0.2, 0) is 15.1 Å². The molecule has 1 rings (SSSR count). The third kappa shape index (κ3) is 3.42. The third-order valence-corrected chi connectivity index (χ3v) is 3.31. The summed E-state index contributed by atoms with van der Waals surface area (Å²) in [4.78, 5) is 12.0. The number of hydrogen-bond acceptors (Lipinski definition) is 3. The molecule has 4 heteroatoms. The zero-order chi connectivity index (χ0) is 13.1. The number of halogens is 1. The van der Waals surface area contributed by atoms with Crippen LogP contribution < -0.4 is 5.32 Å². The predicted molar refractivity (Wildman–Crippen MR) is 76.8 cm³/mol. The van der Waals surface area contributed by atoms with E-state index in [1.54, 1.807) is 0 Å². The molecular formula is C13H18INO2. The molecule has 0 amide bonds. The van der Waals surface area contributed by atoms with Crippen LogP contribution in [0.3, 0.4) is 0 Å². The van der Waals surface area contributed by atoms with Gasteiger partial charge in [0.2, 0.25) is 0 Å². The van der Waals surface area contributed by atoms with Crippen LogP contribution in [0.5, 0.6) is 0 Å². The number of methoxy groups -OCH3 is 1. The predicted octanol–water partition coefficient (Wildman–Crippen LogP) is 2.68. The van der Waals surface area contributed by atoms with Gasteiger partial charge < -0.3 is 4.74 Å². The molecule has 0 fully saturated rings. The summed E-state index contributed by atoms with van der Waals surface area (Å²) in [5, 5.41) is 3.27. The average Bonchev–Trinajstić information content (AvgIpc) is 2.27. The highest BCUT2D eigenvalue weighted by atomic mass is 127. The Labute approximate surface area is 116 Å². The molecule has 94 valence electrons. The Morgan fingerprint density at radius 2 is 1.88 bits per heavy atom. The molecule has 3 nitrogen and oxygen atoms in total. The van der Waals surface area contributed by atoms with Gasteiger partial charge >= 0.3 is 5.97 Å². The van der Waals surface area contributed by atoms with E-state index >= 15 is 0 Å². The summed E-state index contributed by atoms with van der Waals surface area (Å²) < 4.78 is 6.04. The van der Waals surface area contributed by atoms with Crippen LogP contribution in [0.25, 0.3) is 0 Å². The van der Waals surface area contributed by atoms with Crippen LogP contribution in [0.1, 0.15) is 26.3 Å². The molecule has 0 bridgehead atoms. The molecule has 1 atom stereocenters. The fourth-order valence-corrected chi connectivity index (χ4v) is 2.18. The summed E-state index contributed by atoms with van der Waals surface area (Å²) in [6.45, 7) is 5.86. The minimum atomic E-state index is -0.798. The lowest BCUT2D eigenvalue weighted by atomic mass is 9.91. The number of ether oxygens (including phenoxy) is 1. The molecule has 0 saturated heterocycles. The van der Waals surface area contributed by atoms with E-state index in [4.69, 9.17) is 4.74 Å². The van der Waals surface area contributed by atoms with Gasteiger partial charge in [0.05, 0.1) is 7.11 Å². The summed E-state index contributed by atoms with van der Waals surface area (Å²) in [6, 6.07) is 8.07. The van der Waals surface area contributed by atoms with E-state index in [0.29, 0.717) is 0 Å². The van der Waals surface area contributed by atoms with Crippen molar-refractivity contribution in [2.75, 3.05) is 7.11 Å². The highest BCUT2D eigenvalue weighted by molar-refractivity contribution is 14.1. The molecule has 17 heavy (non-hydrogen) atoms. The SMILES string of the molecule is COC(=O)C(C)(NC(C)C)c1ccc(I)cc1. The first-order chi connectivity index (χ1) is 7.90. The van der Waals surface area contributed by atoms with Crippen molar-refractivity contribution in [1.29, 1.82) is 0 Å². The molecule has 1 N–H and O–H groups in total. The molecule has 1 unspecified atom stereocenters. The molecule has 1 aromatic rings. The highest BCUT2D eigenvalue weighted by Gasteiger charge is 2.36. The summed E-state index contributed by atoms with van der Waals surface area (Å²) in [5.74, 6) is -0.271. The molecule has 0 radical (unpaired) electrons. The number of nitrogens with one attached hydrogen (secondary N) is 1.